The average molecular weight is 406 g/mol. The van der Waals surface area contributed by atoms with Crippen LogP contribution in [0.4, 0.5) is 0 Å². The molecule has 2 aromatic rings. The molecule has 0 saturated heterocycles. The molecule has 0 aromatic heterocycles. The van der Waals surface area contributed by atoms with Crippen LogP contribution in [-0.4, -0.2) is 25.9 Å². The first-order valence-electron chi connectivity index (χ1n) is 9.96. The van der Waals surface area contributed by atoms with Crippen molar-refractivity contribution < 1.29 is 14.2 Å². The van der Waals surface area contributed by atoms with E-state index in [1.807, 2.05) is 45.0 Å². The van der Waals surface area contributed by atoms with E-state index in [1.165, 1.54) is 5.56 Å². The van der Waals surface area contributed by atoms with Gasteiger partial charge in [0.05, 0.1) is 12.7 Å². The maximum atomic E-state index is 6.50. The molecule has 0 heterocycles. The summed E-state index contributed by atoms with van der Waals surface area (Å²) < 4.78 is 17.4. The van der Waals surface area contributed by atoms with Crippen LogP contribution >= 0.6 is 11.6 Å². The Kier molecular flexibility index (Phi) is 9.62. The molecule has 0 unspecified atom stereocenters. The predicted molar refractivity (Wildman–Crippen MR) is 116 cm³/mol. The molecule has 0 fully saturated rings. The molecular weight excluding hydrogens is 374 g/mol. The second-order valence-corrected chi connectivity index (χ2v) is 7.40. The zero-order valence-corrected chi connectivity index (χ0v) is 18.1. The van der Waals surface area contributed by atoms with Crippen molar-refractivity contribution in [3.8, 4) is 11.5 Å². The minimum atomic E-state index is 0.274. The monoisotopic (exact) mass is 405 g/mol. The van der Waals surface area contributed by atoms with Crippen LogP contribution in [-0.2, 0) is 17.9 Å². The van der Waals surface area contributed by atoms with Gasteiger partial charge in [-0.15, -0.1) is 0 Å². The Morgan fingerprint density at radius 3 is 2.50 bits per heavy atom. The second-order valence-electron chi connectivity index (χ2n) is 6.99. The van der Waals surface area contributed by atoms with Crippen LogP contribution in [0.15, 0.2) is 36.4 Å². The lowest BCUT2D eigenvalue weighted by Gasteiger charge is -2.16. The quantitative estimate of drug-likeness (QED) is 0.471. The van der Waals surface area contributed by atoms with Crippen molar-refractivity contribution in [2.45, 2.75) is 53.4 Å². The third-order valence-corrected chi connectivity index (χ3v) is 4.67. The van der Waals surface area contributed by atoms with Gasteiger partial charge in [0.1, 0.15) is 6.61 Å². The van der Waals surface area contributed by atoms with Crippen LogP contribution in [0.2, 0.25) is 5.02 Å². The van der Waals surface area contributed by atoms with Gasteiger partial charge in [-0.2, -0.15) is 0 Å². The smallest absolute Gasteiger partial charge is 0.163 e. The highest BCUT2D eigenvalue weighted by molar-refractivity contribution is 6.31. The van der Waals surface area contributed by atoms with Crippen LogP contribution in [0.25, 0.3) is 0 Å². The van der Waals surface area contributed by atoms with Crippen molar-refractivity contribution in [2.24, 2.45) is 0 Å². The highest BCUT2D eigenvalue weighted by Crippen LogP contribution is 2.34. The van der Waals surface area contributed by atoms with Gasteiger partial charge in [-0.05, 0) is 63.4 Å². The summed E-state index contributed by atoms with van der Waals surface area (Å²) in [6.07, 6.45) is 1.24. The molecule has 5 heteroatoms. The number of hydrogen-bond acceptors (Lipinski definition) is 4. The van der Waals surface area contributed by atoms with E-state index in [1.54, 1.807) is 0 Å². The number of ether oxygens (including phenoxy) is 3. The van der Waals surface area contributed by atoms with Crippen molar-refractivity contribution in [2.75, 3.05) is 19.8 Å². The van der Waals surface area contributed by atoms with Gasteiger partial charge in [-0.3, -0.25) is 0 Å². The summed E-state index contributed by atoms with van der Waals surface area (Å²) in [4.78, 5) is 0. The Morgan fingerprint density at radius 2 is 1.79 bits per heavy atom. The summed E-state index contributed by atoms with van der Waals surface area (Å²) in [6.45, 7) is 11.5. The third-order valence-electron chi connectivity index (χ3n) is 4.32. The van der Waals surface area contributed by atoms with Crippen molar-refractivity contribution in [3.63, 3.8) is 0 Å². The van der Waals surface area contributed by atoms with Crippen molar-refractivity contribution in [3.05, 3.63) is 58.1 Å². The Balaban J connectivity index is 1.97. The maximum Gasteiger partial charge on any atom is 0.163 e. The first-order chi connectivity index (χ1) is 13.5. The Hall–Kier alpha value is -1.75. The fourth-order valence-electron chi connectivity index (χ4n) is 2.76. The molecule has 0 aliphatic carbocycles. The zero-order chi connectivity index (χ0) is 20.4. The van der Waals surface area contributed by atoms with E-state index in [0.29, 0.717) is 30.5 Å². The third kappa shape index (κ3) is 7.34. The van der Waals surface area contributed by atoms with Gasteiger partial charge in [0.2, 0.25) is 0 Å². The Bertz CT molecular complexity index is 734. The summed E-state index contributed by atoms with van der Waals surface area (Å²) in [5, 5.41) is 4.08. The van der Waals surface area contributed by atoms with Crippen LogP contribution < -0.4 is 14.8 Å². The SMILES string of the molecule is CCOc1cc(CNCCCOC(C)C)c(Cl)cc1OCc1ccccc1C. The molecule has 0 aliphatic heterocycles. The minimum absolute atomic E-state index is 0.274. The average Bonchev–Trinajstić information content (AvgIpc) is 2.66. The second kappa shape index (κ2) is 11.9. The summed E-state index contributed by atoms with van der Waals surface area (Å²) in [6, 6.07) is 12.0. The lowest BCUT2D eigenvalue weighted by molar-refractivity contribution is 0.0770. The summed E-state index contributed by atoms with van der Waals surface area (Å²) in [7, 11) is 0. The van der Waals surface area contributed by atoms with Gasteiger partial charge in [-0.25, -0.2) is 0 Å². The van der Waals surface area contributed by atoms with Gasteiger partial charge in [0.15, 0.2) is 11.5 Å². The van der Waals surface area contributed by atoms with E-state index in [2.05, 4.69) is 24.4 Å². The Morgan fingerprint density at radius 1 is 1.04 bits per heavy atom. The number of nitrogens with one attached hydrogen (secondary N) is 1. The first kappa shape index (κ1) is 22.5. The summed E-state index contributed by atoms with van der Waals surface area (Å²) >= 11 is 6.50. The van der Waals surface area contributed by atoms with Crippen LogP contribution in [0.1, 0.15) is 43.9 Å². The molecule has 0 amide bonds. The summed E-state index contributed by atoms with van der Waals surface area (Å²) in [5.41, 5.74) is 3.35. The van der Waals surface area contributed by atoms with E-state index in [4.69, 9.17) is 25.8 Å². The molecule has 154 valence electrons. The molecule has 2 rings (SSSR count). The van der Waals surface area contributed by atoms with Gasteiger partial charge < -0.3 is 19.5 Å². The lowest BCUT2D eigenvalue weighted by atomic mass is 10.1. The topological polar surface area (TPSA) is 39.7 Å². The first-order valence-corrected chi connectivity index (χ1v) is 10.3. The van der Waals surface area contributed by atoms with Gasteiger partial charge in [0, 0.05) is 24.2 Å². The molecule has 0 bridgehead atoms. The molecule has 1 N–H and O–H groups in total. The molecule has 0 saturated carbocycles. The number of hydrogen-bond donors (Lipinski definition) is 1. The Labute approximate surface area is 174 Å². The zero-order valence-electron chi connectivity index (χ0n) is 17.4. The van der Waals surface area contributed by atoms with E-state index < -0.39 is 0 Å². The highest BCUT2D eigenvalue weighted by Gasteiger charge is 2.12. The fourth-order valence-corrected chi connectivity index (χ4v) is 2.98. The molecule has 2 aromatic carbocycles. The van der Waals surface area contributed by atoms with Crippen LogP contribution in [0.5, 0.6) is 11.5 Å². The molecular formula is C23H32ClNO3. The predicted octanol–water partition coefficient (Wildman–Crippen LogP) is 5.53. The van der Waals surface area contributed by atoms with Gasteiger partial charge in [0.25, 0.3) is 0 Å². The molecule has 4 nitrogen and oxygen atoms in total. The number of rotatable bonds is 12. The minimum Gasteiger partial charge on any atom is -0.490 e. The van der Waals surface area contributed by atoms with Gasteiger partial charge in [-0.1, -0.05) is 35.9 Å². The normalized spacial score (nSPS) is 11.1. The highest BCUT2D eigenvalue weighted by atomic mass is 35.5. The van der Waals surface area contributed by atoms with E-state index >= 15 is 0 Å². The van der Waals surface area contributed by atoms with Crippen molar-refractivity contribution >= 4 is 11.6 Å². The van der Waals surface area contributed by atoms with E-state index in [0.717, 1.165) is 36.4 Å². The molecule has 0 spiro atoms. The van der Waals surface area contributed by atoms with Crippen molar-refractivity contribution in [1.29, 1.82) is 0 Å². The largest absolute Gasteiger partial charge is 0.490 e. The fraction of sp³-hybridized carbons (Fsp3) is 0.478. The summed E-state index contributed by atoms with van der Waals surface area (Å²) in [5.74, 6) is 1.39. The number of benzene rings is 2. The van der Waals surface area contributed by atoms with Crippen LogP contribution in [0.3, 0.4) is 0 Å². The van der Waals surface area contributed by atoms with Gasteiger partial charge >= 0.3 is 0 Å². The van der Waals surface area contributed by atoms with E-state index in [-0.39, 0.29) is 6.10 Å². The van der Waals surface area contributed by atoms with Crippen molar-refractivity contribution in [1.82, 2.24) is 5.32 Å². The molecule has 28 heavy (non-hydrogen) atoms. The maximum absolute atomic E-state index is 6.50. The lowest BCUT2D eigenvalue weighted by Crippen LogP contribution is -2.17. The standard InChI is InChI=1S/C23H32ClNO3/c1-5-26-22-13-20(15-25-11-8-12-27-17(2)3)21(24)14-23(22)28-16-19-10-7-6-9-18(19)4/h6-7,9-10,13-14,17,25H,5,8,11-12,15-16H2,1-4H3. The van der Waals surface area contributed by atoms with Crippen LogP contribution in [0, 0.1) is 6.92 Å². The van der Waals surface area contributed by atoms with E-state index in [9.17, 15) is 0 Å². The molecule has 0 aliphatic rings. The number of aryl methyl sites for hydroxylation is 1. The number of halogens is 1. The molecule has 0 atom stereocenters. The molecule has 0 radical (unpaired) electrons.